The van der Waals surface area contributed by atoms with E-state index in [0.717, 1.165) is 6.42 Å². The fourth-order valence-electron chi connectivity index (χ4n) is 1.93. The molecule has 0 aliphatic carbocycles. The zero-order valence-corrected chi connectivity index (χ0v) is 13.9. The van der Waals surface area contributed by atoms with Crippen LogP contribution in [0.15, 0.2) is 36.5 Å². The van der Waals surface area contributed by atoms with Gasteiger partial charge in [-0.25, -0.2) is 4.68 Å². The molecule has 0 aliphatic heterocycles. The van der Waals surface area contributed by atoms with Crippen LogP contribution in [0.4, 0.5) is 5.82 Å². The minimum Gasteiger partial charge on any atom is -0.307 e. The molecule has 1 aromatic heterocycles. The highest BCUT2D eigenvalue weighted by atomic mass is 35.5. The van der Waals surface area contributed by atoms with Crippen LogP contribution in [0.25, 0.3) is 6.08 Å². The molecular weight excluding hydrogens is 321 g/mol. The maximum atomic E-state index is 12.0. The van der Waals surface area contributed by atoms with Gasteiger partial charge in [0.25, 0.3) is 0 Å². The summed E-state index contributed by atoms with van der Waals surface area (Å²) in [5.74, 6) is 0.398. The number of amides is 1. The summed E-state index contributed by atoms with van der Waals surface area (Å²) in [4.78, 5) is 12.0. The highest BCUT2D eigenvalue weighted by Gasteiger charge is 2.10. The van der Waals surface area contributed by atoms with Gasteiger partial charge in [0.05, 0.1) is 12.2 Å². The van der Waals surface area contributed by atoms with Gasteiger partial charge < -0.3 is 5.32 Å². The Bertz CT molecular complexity index is 674. The molecule has 0 saturated heterocycles. The van der Waals surface area contributed by atoms with Crippen molar-refractivity contribution in [2.45, 2.75) is 26.3 Å². The van der Waals surface area contributed by atoms with Crippen LogP contribution in [0, 0.1) is 0 Å². The first-order chi connectivity index (χ1) is 10.5. The molecule has 1 aromatic carbocycles. The van der Waals surface area contributed by atoms with Crippen LogP contribution >= 0.6 is 23.2 Å². The number of nitrogens with zero attached hydrogens (tertiary/aromatic N) is 2. The summed E-state index contributed by atoms with van der Waals surface area (Å²) >= 11 is 12.1. The normalized spacial score (nSPS) is 12.5. The van der Waals surface area contributed by atoms with Gasteiger partial charge in [-0.2, -0.15) is 5.10 Å². The van der Waals surface area contributed by atoms with Crippen molar-refractivity contribution in [3.8, 4) is 0 Å². The number of nitrogens with one attached hydrogen (secondary N) is 1. The molecule has 1 N–H and O–H groups in total. The SMILES string of the molecule is CCC(C)n1nccc1NC(=O)/C=C/c1c(Cl)cccc1Cl. The molecule has 1 unspecified atom stereocenters. The molecular formula is C16H17Cl2N3O. The molecule has 6 heteroatoms. The lowest BCUT2D eigenvalue weighted by molar-refractivity contribution is -0.111. The van der Waals surface area contributed by atoms with Gasteiger partial charge in [0.2, 0.25) is 5.91 Å². The molecule has 2 aromatic rings. The van der Waals surface area contributed by atoms with E-state index < -0.39 is 0 Å². The molecule has 0 aliphatic rings. The van der Waals surface area contributed by atoms with Gasteiger partial charge in [0, 0.05) is 27.8 Å². The first-order valence-electron chi connectivity index (χ1n) is 6.99. The Hall–Kier alpha value is -1.78. The second-order valence-corrected chi connectivity index (χ2v) is 5.69. The molecule has 0 radical (unpaired) electrons. The molecule has 0 bridgehead atoms. The topological polar surface area (TPSA) is 46.9 Å². The molecule has 0 spiro atoms. The number of benzene rings is 1. The monoisotopic (exact) mass is 337 g/mol. The molecule has 1 amide bonds. The fraction of sp³-hybridized carbons (Fsp3) is 0.250. The third-order valence-electron chi connectivity index (χ3n) is 3.33. The maximum Gasteiger partial charge on any atom is 0.249 e. The Morgan fingerprint density at radius 3 is 2.68 bits per heavy atom. The van der Waals surface area contributed by atoms with E-state index in [2.05, 4.69) is 17.3 Å². The predicted octanol–water partition coefficient (Wildman–Crippen LogP) is 4.81. The number of hydrogen-bond donors (Lipinski definition) is 1. The third kappa shape index (κ3) is 3.90. The van der Waals surface area contributed by atoms with E-state index in [1.54, 1.807) is 41.2 Å². The molecule has 0 saturated carbocycles. The zero-order valence-electron chi connectivity index (χ0n) is 12.4. The van der Waals surface area contributed by atoms with Crippen molar-refractivity contribution in [3.63, 3.8) is 0 Å². The van der Waals surface area contributed by atoms with Crippen LogP contribution < -0.4 is 5.32 Å². The second kappa shape index (κ2) is 7.47. The minimum absolute atomic E-state index is 0.215. The highest BCUT2D eigenvalue weighted by Crippen LogP contribution is 2.25. The lowest BCUT2D eigenvalue weighted by Gasteiger charge is -2.13. The lowest BCUT2D eigenvalue weighted by atomic mass is 10.2. The summed E-state index contributed by atoms with van der Waals surface area (Å²) in [5, 5.41) is 8.03. The van der Waals surface area contributed by atoms with E-state index >= 15 is 0 Å². The molecule has 4 nitrogen and oxygen atoms in total. The van der Waals surface area contributed by atoms with Crippen molar-refractivity contribution in [2.75, 3.05) is 5.32 Å². The Morgan fingerprint density at radius 2 is 2.05 bits per heavy atom. The summed E-state index contributed by atoms with van der Waals surface area (Å²) < 4.78 is 1.79. The number of aromatic nitrogens is 2. The van der Waals surface area contributed by atoms with Gasteiger partial charge in [-0.05, 0) is 31.6 Å². The first-order valence-corrected chi connectivity index (χ1v) is 7.75. The van der Waals surface area contributed by atoms with Crippen molar-refractivity contribution in [1.82, 2.24) is 9.78 Å². The highest BCUT2D eigenvalue weighted by molar-refractivity contribution is 6.37. The Kier molecular flexibility index (Phi) is 5.63. The maximum absolute atomic E-state index is 12.0. The molecule has 0 fully saturated rings. The molecule has 22 heavy (non-hydrogen) atoms. The van der Waals surface area contributed by atoms with E-state index in [1.165, 1.54) is 6.08 Å². The molecule has 1 heterocycles. The van der Waals surface area contributed by atoms with Gasteiger partial charge >= 0.3 is 0 Å². The van der Waals surface area contributed by atoms with Crippen molar-refractivity contribution in [1.29, 1.82) is 0 Å². The van der Waals surface area contributed by atoms with Crippen molar-refractivity contribution in [3.05, 3.63) is 52.1 Å². The van der Waals surface area contributed by atoms with Crippen LogP contribution in [0.1, 0.15) is 31.9 Å². The van der Waals surface area contributed by atoms with Gasteiger partial charge in [-0.15, -0.1) is 0 Å². The first kappa shape index (κ1) is 16.6. The van der Waals surface area contributed by atoms with E-state index in [-0.39, 0.29) is 11.9 Å². The molecule has 116 valence electrons. The average Bonchev–Trinajstić information content (AvgIpc) is 2.94. The van der Waals surface area contributed by atoms with Crippen molar-refractivity contribution in [2.24, 2.45) is 0 Å². The summed E-state index contributed by atoms with van der Waals surface area (Å²) in [6, 6.07) is 7.19. The fourth-order valence-corrected chi connectivity index (χ4v) is 2.46. The van der Waals surface area contributed by atoms with E-state index in [0.29, 0.717) is 21.4 Å². The number of carbonyl (C=O) groups excluding carboxylic acids is 1. The summed E-state index contributed by atoms with van der Waals surface area (Å²) in [6.07, 6.45) is 5.59. The number of rotatable bonds is 5. The van der Waals surface area contributed by atoms with Crippen LogP contribution in [-0.4, -0.2) is 15.7 Å². The molecule has 2 rings (SSSR count). The summed E-state index contributed by atoms with van der Waals surface area (Å²) in [7, 11) is 0. The van der Waals surface area contributed by atoms with Gasteiger partial charge in [-0.3, -0.25) is 4.79 Å². The average molecular weight is 338 g/mol. The molecule has 1 atom stereocenters. The van der Waals surface area contributed by atoms with Crippen molar-refractivity contribution >= 4 is 41.0 Å². The van der Waals surface area contributed by atoms with Gasteiger partial charge in [0.1, 0.15) is 5.82 Å². The summed E-state index contributed by atoms with van der Waals surface area (Å²) in [5.41, 5.74) is 0.622. The smallest absolute Gasteiger partial charge is 0.249 e. The third-order valence-corrected chi connectivity index (χ3v) is 3.99. The second-order valence-electron chi connectivity index (χ2n) is 4.88. The largest absolute Gasteiger partial charge is 0.307 e. The van der Waals surface area contributed by atoms with E-state index in [4.69, 9.17) is 23.2 Å². The Morgan fingerprint density at radius 1 is 1.36 bits per heavy atom. The number of hydrogen-bond acceptors (Lipinski definition) is 2. The quantitative estimate of drug-likeness (QED) is 0.795. The lowest BCUT2D eigenvalue weighted by Crippen LogP contribution is -2.15. The Labute approximate surface area is 139 Å². The predicted molar refractivity (Wildman–Crippen MR) is 91.4 cm³/mol. The zero-order chi connectivity index (χ0) is 16.1. The van der Waals surface area contributed by atoms with Crippen LogP contribution in [-0.2, 0) is 4.79 Å². The van der Waals surface area contributed by atoms with Crippen molar-refractivity contribution < 1.29 is 4.79 Å². The number of carbonyl (C=O) groups is 1. The standard InChI is InChI=1S/C16H17Cl2N3O/c1-3-11(2)21-15(9-10-19-21)20-16(22)8-7-12-13(17)5-4-6-14(12)18/h4-11H,3H2,1-2H3,(H,20,22)/b8-7+. The van der Waals surface area contributed by atoms with Crippen LogP contribution in [0.3, 0.4) is 0 Å². The Balaban J connectivity index is 2.11. The number of halogens is 2. The van der Waals surface area contributed by atoms with Crippen LogP contribution in [0.5, 0.6) is 0 Å². The minimum atomic E-state index is -0.263. The van der Waals surface area contributed by atoms with Gasteiger partial charge in [0.15, 0.2) is 0 Å². The van der Waals surface area contributed by atoms with E-state index in [9.17, 15) is 4.79 Å². The summed E-state index contributed by atoms with van der Waals surface area (Å²) in [6.45, 7) is 4.11. The van der Waals surface area contributed by atoms with E-state index in [1.807, 2.05) is 6.92 Å². The van der Waals surface area contributed by atoms with Crippen LogP contribution in [0.2, 0.25) is 10.0 Å². The van der Waals surface area contributed by atoms with Gasteiger partial charge in [-0.1, -0.05) is 36.2 Å². The number of anilines is 1.